The lowest BCUT2D eigenvalue weighted by Crippen LogP contribution is -2.34. The first-order chi connectivity index (χ1) is 8.21. The first-order valence-electron chi connectivity index (χ1n) is 4.53. The van der Waals surface area contributed by atoms with Gasteiger partial charge in [0.05, 0.1) is 4.92 Å². The summed E-state index contributed by atoms with van der Waals surface area (Å²) in [6, 6.07) is 3.61. The molecule has 0 aliphatic rings. The Hall–Kier alpha value is -1.35. The lowest BCUT2D eigenvalue weighted by Gasteiger charge is -2.15. The fourth-order valence-electron chi connectivity index (χ4n) is 1.02. The summed E-state index contributed by atoms with van der Waals surface area (Å²) in [5, 5.41) is 19.3. The molecule has 0 spiro atoms. The summed E-state index contributed by atoms with van der Waals surface area (Å²) >= 11 is 2.99. The van der Waals surface area contributed by atoms with E-state index in [1.807, 2.05) is 0 Å². The molecule has 1 atom stereocenters. The van der Waals surface area contributed by atoms with Gasteiger partial charge in [-0.25, -0.2) is 0 Å². The van der Waals surface area contributed by atoms with Crippen LogP contribution in [0.5, 0.6) is 5.75 Å². The summed E-state index contributed by atoms with van der Waals surface area (Å²) in [7, 11) is 0. The second-order valence-corrected chi connectivity index (χ2v) is 4.15. The molecule has 18 heavy (non-hydrogen) atoms. The number of ether oxygens (including phenoxy) is 1. The number of rotatable bonds is 4. The van der Waals surface area contributed by atoms with Crippen molar-refractivity contribution in [2.24, 2.45) is 0 Å². The van der Waals surface area contributed by atoms with Crippen LogP contribution in [0.4, 0.5) is 18.9 Å². The zero-order valence-electron chi connectivity index (χ0n) is 8.65. The molecule has 1 aromatic rings. The van der Waals surface area contributed by atoms with Crippen LogP contribution >= 0.6 is 15.9 Å². The molecule has 0 amide bonds. The molecule has 0 aliphatic carbocycles. The van der Waals surface area contributed by atoms with Gasteiger partial charge in [0.25, 0.3) is 0 Å². The van der Waals surface area contributed by atoms with Gasteiger partial charge < -0.3 is 9.84 Å². The molecule has 0 saturated heterocycles. The van der Waals surface area contributed by atoms with E-state index in [0.29, 0.717) is 4.47 Å². The predicted octanol–water partition coefficient (Wildman–Crippen LogP) is 2.66. The number of nitrogens with zero attached hydrogens (tertiary/aromatic N) is 1. The van der Waals surface area contributed by atoms with Gasteiger partial charge in [-0.05, 0) is 12.1 Å². The average Bonchev–Trinajstić information content (AvgIpc) is 2.25. The van der Waals surface area contributed by atoms with Gasteiger partial charge in [-0.15, -0.1) is 0 Å². The molecule has 0 saturated carbocycles. The zero-order valence-corrected chi connectivity index (χ0v) is 10.2. The molecule has 1 aromatic carbocycles. The van der Waals surface area contributed by atoms with Crippen LogP contribution in [0.3, 0.4) is 0 Å². The minimum atomic E-state index is -4.83. The Morgan fingerprint density at radius 3 is 2.61 bits per heavy atom. The number of nitro benzene ring substituents is 1. The molecule has 0 fully saturated rings. The minimum absolute atomic E-state index is 0.341. The van der Waals surface area contributed by atoms with E-state index in [2.05, 4.69) is 20.7 Å². The van der Waals surface area contributed by atoms with Gasteiger partial charge in [0.1, 0.15) is 6.61 Å². The highest BCUT2D eigenvalue weighted by Gasteiger charge is 2.39. The number of benzene rings is 1. The molecule has 0 heterocycles. The Morgan fingerprint density at radius 1 is 1.50 bits per heavy atom. The number of alkyl halides is 3. The highest BCUT2D eigenvalue weighted by Crippen LogP contribution is 2.31. The van der Waals surface area contributed by atoms with Gasteiger partial charge in [0.15, 0.2) is 11.9 Å². The van der Waals surface area contributed by atoms with Crippen molar-refractivity contribution in [1.82, 2.24) is 0 Å². The molecule has 0 radical (unpaired) electrons. The monoisotopic (exact) mass is 329 g/mol. The number of aliphatic hydroxyl groups is 1. The largest absolute Gasteiger partial charge is 0.484 e. The van der Waals surface area contributed by atoms with Crippen molar-refractivity contribution >= 4 is 21.6 Å². The lowest BCUT2D eigenvalue weighted by atomic mass is 10.3. The normalized spacial score (nSPS) is 13.2. The predicted molar refractivity (Wildman–Crippen MR) is 58.4 cm³/mol. The highest BCUT2D eigenvalue weighted by molar-refractivity contribution is 9.10. The van der Waals surface area contributed by atoms with E-state index in [0.717, 1.165) is 12.1 Å². The molecule has 0 unspecified atom stereocenters. The summed E-state index contributed by atoms with van der Waals surface area (Å²) in [4.78, 5) is 9.84. The standard InChI is InChI=1S/C9H7BrF3NO4/c10-5-1-2-7(6(3-5)14(16)17)18-4-8(15)9(11,12)13/h1-3,8,15H,4H2/t8-/m1/s1. The lowest BCUT2D eigenvalue weighted by molar-refractivity contribution is -0.386. The van der Waals surface area contributed by atoms with Gasteiger partial charge in [0, 0.05) is 10.5 Å². The van der Waals surface area contributed by atoms with Crippen molar-refractivity contribution in [2.45, 2.75) is 12.3 Å². The SMILES string of the molecule is O=[N+]([O-])c1cc(Br)ccc1OC[C@@H](O)C(F)(F)F. The van der Waals surface area contributed by atoms with Crippen LogP contribution in [0, 0.1) is 10.1 Å². The van der Waals surface area contributed by atoms with E-state index in [4.69, 9.17) is 5.11 Å². The molecule has 5 nitrogen and oxygen atoms in total. The van der Waals surface area contributed by atoms with Crippen molar-refractivity contribution in [3.8, 4) is 5.75 Å². The van der Waals surface area contributed by atoms with E-state index in [1.165, 1.54) is 6.07 Å². The van der Waals surface area contributed by atoms with Crippen molar-refractivity contribution in [2.75, 3.05) is 6.61 Å². The molecular formula is C9H7BrF3NO4. The Labute approximate surface area is 107 Å². The fourth-order valence-corrected chi connectivity index (χ4v) is 1.37. The van der Waals surface area contributed by atoms with Gasteiger partial charge >= 0.3 is 11.9 Å². The fraction of sp³-hybridized carbons (Fsp3) is 0.333. The molecule has 100 valence electrons. The first kappa shape index (κ1) is 14.7. The number of hydrogen-bond acceptors (Lipinski definition) is 4. The molecule has 1 rings (SSSR count). The maximum atomic E-state index is 12.0. The summed E-state index contributed by atoms with van der Waals surface area (Å²) in [5.74, 6) is -0.341. The first-order valence-corrected chi connectivity index (χ1v) is 5.32. The van der Waals surface area contributed by atoms with E-state index in [-0.39, 0.29) is 5.75 Å². The van der Waals surface area contributed by atoms with Crippen molar-refractivity contribution in [1.29, 1.82) is 0 Å². The van der Waals surface area contributed by atoms with Crippen molar-refractivity contribution in [3.63, 3.8) is 0 Å². The van der Waals surface area contributed by atoms with Crippen LogP contribution in [0.25, 0.3) is 0 Å². The summed E-state index contributed by atoms with van der Waals surface area (Å²) < 4.78 is 41.0. The van der Waals surface area contributed by atoms with Crippen LogP contribution in [0.15, 0.2) is 22.7 Å². The van der Waals surface area contributed by atoms with E-state index in [1.54, 1.807) is 0 Å². The number of aliphatic hydroxyl groups excluding tert-OH is 1. The smallest absolute Gasteiger partial charge is 0.417 e. The number of halogens is 4. The summed E-state index contributed by atoms with van der Waals surface area (Å²) in [6.45, 7) is -1.11. The summed E-state index contributed by atoms with van der Waals surface area (Å²) in [6.07, 6.45) is -7.52. The van der Waals surface area contributed by atoms with Crippen LogP contribution in [0.2, 0.25) is 0 Å². The Kier molecular flexibility index (Phi) is 4.52. The third kappa shape index (κ3) is 3.84. The minimum Gasteiger partial charge on any atom is -0.484 e. The number of hydrogen-bond donors (Lipinski definition) is 1. The highest BCUT2D eigenvalue weighted by atomic mass is 79.9. The van der Waals surface area contributed by atoms with Crippen LogP contribution < -0.4 is 4.74 Å². The van der Waals surface area contributed by atoms with E-state index < -0.39 is 29.5 Å². The Balaban J connectivity index is 2.82. The molecule has 1 N–H and O–H groups in total. The second-order valence-electron chi connectivity index (χ2n) is 3.24. The van der Waals surface area contributed by atoms with Gasteiger partial charge in [-0.1, -0.05) is 15.9 Å². The molecule has 0 aromatic heterocycles. The van der Waals surface area contributed by atoms with Crippen molar-refractivity contribution in [3.05, 3.63) is 32.8 Å². The van der Waals surface area contributed by atoms with Crippen LogP contribution in [-0.4, -0.2) is 28.9 Å². The van der Waals surface area contributed by atoms with E-state index >= 15 is 0 Å². The van der Waals surface area contributed by atoms with Gasteiger partial charge in [-0.2, -0.15) is 13.2 Å². The molecule has 9 heteroatoms. The molecule has 0 aliphatic heterocycles. The van der Waals surface area contributed by atoms with Gasteiger partial charge in [0.2, 0.25) is 0 Å². The maximum Gasteiger partial charge on any atom is 0.417 e. The Bertz CT molecular complexity index is 452. The molecule has 0 bridgehead atoms. The summed E-state index contributed by atoms with van der Waals surface area (Å²) in [5.41, 5.74) is -0.487. The third-order valence-corrected chi connectivity index (χ3v) is 2.39. The maximum absolute atomic E-state index is 12.0. The van der Waals surface area contributed by atoms with Gasteiger partial charge in [-0.3, -0.25) is 10.1 Å². The number of nitro groups is 1. The van der Waals surface area contributed by atoms with Crippen LogP contribution in [0.1, 0.15) is 0 Å². The zero-order chi connectivity index (χ0) is 13.9. The van der Waals surface area contributed by atoms with E-state index in [9.17, 15) is 23.3 Å². The molecular weight excluding hydrogens is 323 g/mol. The topological polar surface area (TPSA) is 72.6 Å². The van der Waals surface area contributed by atoms with Crippen LogP contribution in [-0.2, 0) is 0 Å². The average molecular weight is 330 g/mol. The quantitative estimate of drug-likeness (QED) is 0.680. The second kappa shape index (κ2) is 5.53. The van der Waals surface area contributed by atoms with Crippen molar-refractivity contribution < 1.29 is 27.9 Å². The third-order valence-electron chi connectivity index (χ3n) is 1.89. The Morgan fingerprint density at radius 2 is 2.11 bits per heavy atom.